The van der Waals surface area contributed by atoms with Crippen molar-refractivity contribution < 1.29 is 29.3 Å². The van der Waals surface area contributed by atoms with Gasteiger partial charge in [-0.3, -0.25) is 4.79 Å². The first-order chi connectivity index (χ1) is 11.0. The number of phenols is 2. The zero-order chi connectivity index (χ0) is 17.2. The molecule has 0 bridgehead atoms. The molecular weight excluding hydrogens is 300 g/mol. The van der Waals surface area contributed by atoms with E-state index < -0.39 is 17.8 Å². The molecular formula is C17H20O6. The SMILES string of the molecule is C=CC(C=O)C(CC=O)CC(=O)OCCc1ccc(O)c(O)c1. The van der Waals surface area contributed by atoms with Crippen molar-refractivity contribution in [2.24, 2.45) is 11.8 Å². The van der Waals surface area contributed by atoms with Crippen LogP contribution in [-0.4, -0.2) is 35.4 Å². The van der Waals surface area contributed by atoms with Gasteiger partial charge in [-0.05, 0) is 23.6 Å². The topological polar surface area (TPSA) is 101 Å². The Balaban J connectivity index is 2.48. The van der Waals surface area contributed by atoms with Crippen molar-refractivity contribution in [3.63, 3.8) is 0 Å². The quantitative estimate of drug-likeness (QED) is 0.295. The maximum atomic E-state index is 11.8. The van der Waals surface area contributed by atoms with Gasteiger partial charge in [0.2, 0.25) is 0 Å². The number of aromatic hydroxyl groups is 2. The zero-order valence-corrected chi connectivity index (χ0v) is 12.7. The number of ether oxygens (including phenoxy) is 1. The molecule has 0 amide bonds. The minimum absolute atomic E-state index is 0.0466. The average Bonchev–Trinajstić information content (AvgIpc) is 2.52. The zero-order valence-electron chi connectivity index (χ0n) is 12.7. The number of carbonyl (C=O) groups excluding carboxylic acids is 3. The van der Waals surface area contributed by atoms with E-state index in [1.54, 1.807) is 6.07 Å². The van der Waals surface area contributed by atoms with Gasteiger partial charge in [0.1, 0.15) is 12.6 Å². The molecule has 2 atom stereocenters. The molecule has 1 aromatic carbocycles. The second-order valence-corrected chi connectivity index (χ2v) is 5.11. The summed E-state index contributed by atoms with van der Waals surface area (Å²) in [6.45, 7) is 3.61. The molecule has 0 saturated heterocycles. The summed E-state index contributed by atoms with van der Waals surface area (Å²) in [4.78, 5) is 33.4. The standard InChI is InChI=1S/C17H20O6/c1-2-13(11-19)14(5-7-18)10-17(22)23-8-6-12-3-4-15(20)16(21)9-12/h2-4,7,9,11,13-14,20-21H,1,5-6,8,10H2. The van der Waals surface area contributed by atoms with Crippen molar-refractivity contribution in [1.29, 1.82) is 0 Å². The van der Waals surface area contributed by atoms with Crippen molar-refractivity contribution >= 4 is 18.5 Å². The molecule has 0 aliphatic rings. The van der Waals surface area contributed by atoms with Gasteiger partial charge in [-0.25, -0.2) is 0 Å². The minimum atomic E-state index is -0.568. The number of aldehydes is 2. The molecule has 23 heavy (non-hydrogen) atoms. The normalized spacial score (nSPS) is 12.9. The van der Waals surface area contributed by atoms with E-state index in [9.17, 15) is 24.6 Å². The third-order valence-electron chi connectivity index (χ3n) is 3.50. The molecule has 0 heterocycles. The van der Waals surface area contributed by atoms with E-state index in [0.717, 1.165) is 0 Å². The van der Waals surface area contributed by atoms with Crippen molar-refractivity contribution in [1.82, 2.24) is 0 Å². The Morgan fingerprint density at radius 2 is 2.00 bits per heavy atom. The molecule has 1 rings (SSSR count). The van der Waals surface area contributed by atoms with Crippen molar-refractivity contribution in [2.75, 3.05) is 6.61 Å². The highest BCUT2D eigenvalue weighted by atomic mass is 16.5. The highest BCUT2D eigenvalue weighted by molar-refractivity contribution is 5.71. The van der Waals surface area contributed by atoms with Crippen LogP contribution in [0.3, 0.4) is 0 Å². The molecule has 6 nitrogen and oxygen atoms in total. The largest absolute Gasteiger partial charge is 0.504 e. The lowest BCUT2D eigenvalue weighted by Gasteiger charge is -2.17. The van der Waals surface area contributed by atoms with E-state index >= 15 is 0 Å². The predicted octanol–water partition coefficient (Wildman–Crippen LogP) is 1.78. The number of carbonyl (C=O) groups is 3. The van der Waals surface area contributed by atoms with E-state index in [1.807, 2.05) is 0 Å². The Hall–Kier alpha value is -2.63. The van der Waals surface area contributed by atoms with E-state index in [4.69, 9.17) is 4.74 Å². The van der Waals surface area contributed by atoms with Gasteiger partial charge in [-0.1, -0.05) is 12.1 Å². The number of rotatable bonds is 10. The molecule has 2 N–H and O–H groups in total. The summed E-state index contributed by atoms with van der Waals surface area (Å²) in [5, 5.41) is 18.6. The smallest absolute Gasteiger partial charge is 0.306 e. The van der Waals surface area contributed by atoms with Gasteiger partial charge in [-0.15, -0.1) is 6.58 Å². The van der Waals surface area contributed by atoms with Crippen molar-refractivity contribution in [3.8, 4) is 11.5 Å². The summed E-state index contributed by atoms with van der Waals surface area (Å²) >= 11 is 0. The molecule has 2 unspecified atom stereocenters. The molecule has 0 aliphatic heterocycles. The maximum Gasteiger partial charge on any atom is 0.306 e. The van der Waals surface area contributed by atoms with Crippen LogP contribution >= 0.6 is 0 Å². The van der Waals surface area contributed by atoms with Crippen molar-refractivity contribution in [3.05, 3.63) is 36.4 Å². The molecule has 0 spiro atoms. The van der Waals surface area contributed by atoms with Crippen LogP contribution < -0.4 is 0 Å². The highest BCUT2D eigenvalue weighted by Crippen LogP contribution is 2.25. The Kier molecular flexibility index (Phi) is 7.53. The monoisotopic (exact) mass is 320 g/mol. The van der Waals surface area contributed by atoms with Gasteiger partial charge >= 0.3 is 5.97 Å². The van der Waals surface area contributed by atoms with Crippen LogP contribution in [0.4, 0.5) is 0 Å². The van der Waals surface area contributed by atoms with Crippen LogP contribution in [0.1, 0.15) is 18.4 Å². The van der Waals surface area contributed by atoms with Gasteiger partial charge in [-0.2, -0.15) is 0 Å². The van der Waals surface area contributed by atoms with Gasteiger partial charge in [0, 0.05) is 25.2 Å². The molecule has 0 aliphatic carbocycles. The summed E-state index contributed by atoms with van der Waals surface area (Å²) in [5.74, 6) is -1.98. The van der Waals surface area contributed by atoms with Gasteiger partial charge < -0.3 is 24.5 Å². The van der Waals surface area contributed by atoms with Crippen LogP contribution in [0.15, 0.2) is 30.9 Å². The summed E-state index contributed by atoms with van der Waals surface area (Å²) in [6.07, 6.45) is 3.14. The van der Waals surface area contributed by atoms with E-state index in [1.165, 1.54) is 18.2 Å². The summed E-state index contributed by atoms with van der Waals surface area (Å²) in [5.41, 5.74) is 0.703. The van der Waals surface area contributed by atoms with Crippen molar-refractivity contribution in [2.45, 2.75) is 19.3 Å². The van der Waals surface area contributed by atoms with E-state index in [0.29, 0.717) is 24.6 Å². The number of allylic oxidation sites excluding steroid dienone is 1. The predicted molar refractivity (Wildman–Crippen MR) is 83.0 cm³/mol. The van der Waals surface area contributed by atoms with E-state index in [2.05, 4.69) is 6.58 Å². The molecule has 0 fully saturated rings. The molecule has 6 heteroatoms. The number of hydrogen-bond donors (Lipinski definition) is 2. The lowest BCUT2D eigenvalue weighted by Crippen LogP contribution is -2.20. The van der Waals surface area contributed by atoms with Crippen LogP contribution in [0.2, 0.25) is 0 Å². The van der Waals surface area contributed by atoms with Gasteiger partial charge in [0.05, 0.1) is 6.61 Å². The molecule has 0 radical (unpaired) electrons. The Morgan fingerprint density at radius 1 is 1.26 bits per heavy atom. The second-order valence-electron chi connectivity index (χ2n) is 5.11. The fraction of sp³-hybridized carbons (Fsp3) is 0.353. The Bertz CT molecular complexity index is 558. The Labute approximate surface area is 134 Å². The van der Waals surface area contributed by atoms with Crippen LogP contribution in [-0.2, 0) is 25.5 Å². The molecule has 0 saturated carbocycles. The first kappa shape index (κ1) is 18.4. The maximum absolute atomic E-state index is 11.8. The summed E-state index contributed by atoms with van der Waals surface area (Å²) in [6, 6.07) is 4.35. The van der Waals surface area contributed by atoms with Crippen LogP contribution in [0, 0.1) is 11.8 Å². The fourth-order valence-electron chi connectivity index (χ4n) is 2.14. The van der Waals surface area contributed by atoms with E-state index in [-0.39, 0.29) is 30.9 Å². The Morgan fingerprint density at radius 3 is 2.57 bits per heavy atom. The number of hydrogen-bond acceptors (Lipinski definition) is 6. The van der Waals surface area contributed by atoms with Crippen LogP contribution in [0.25, 0.3) is 0 Å². The van der Waals surface area contributed by atoms with Crippen LogP contribution in [0.5, 0.6) is 11.5 Å². The van der Waals surface area contributed by atoms with Gasteiger partial charge in [0.25, 0.3) is 0 Å². The molecule has 124 valence electrons. The highest BCUT2D eigenvalue weighted by Gasteiger charge is 2.22. The summed E-state index contributed by atoms with van der Waals surface area (Å²) < 4.78 is 5.08. The number of benzene rings is 1. The number of phenolic OH excluding ortho intramolecular Hbond substituents is 2. The summed E-state index contributed by atoms with van der Waals surface area (Å²) in [7, 11) is 0. The first-order valence-electron chi connectivity index (χ1n) is 7.19. The lowest BCUT2D eigenvalue weighted by atomic mass is 9.88. The van der Waals surface area contributed by atoms with Gasteiger partial charge in [0.15, 0.2) is 11.5 Å². The third-order valence-corrected chi connectivity index (χ3v) is 3.50. The third kappa shape index (κ3) is 5.94. The molecule has 0 aromatic heterocycles. The number of esters is 1. The average molecular weight is 320 g/mol. The lowest BCUT2D eigenvalue weighted by molar-refractivity contribution is -0.145. The fourth-order valence-corrected chi connectivity index (χ4v) is 2.14. The second kappa shape index (κ2) is 9.40. The molecule has 1 aromatic rings. The minimum Gasteiger partial charge on any atom is -0.504 e. The first-order valence-corrected chi connectivity index (χ1v) is 7.19.